The van der Waals surface area contributed by atoms with Crippen molar-refractivity contribution in [2.24, 2.45) is 0 Å². The highest BCUT2D eigenvalue weighted by Gasteiger charge is 2.08. The van der Waals surface area contributed by atoms with E-state index < -0.39 is 0 Å². The van der Waals surface area contributed by atoms with Crippen molar-refractivity contribution in [2.45, 2.75) is 0 Å². The van der Waals surface area contributed by atoms with E-state index in [1.54, 1.807) is 11.9 Å². The molecule has 72 valence electrons. The number of rotatable bonds is 2. The van der Waals surface area contributed by atoms with E-state index in [2.05, 4.69) is 15.3 Å². The first-order valence-electron chi connectivity index (χ1n) is 3.84. The molecule has 0 atom stereocenters. The molecule has 0 aliphatic rings. The van der Waals surface area contributed by atoms with Crippen molar-refractivity contribution in [1.82, 2.24) is 9.97 Å². The maximum atomic E-state index is 5.63. The second kappa shape index (κ2) is 3.34. The van der Waals surface area contributed by atoms with Crippen molar-refractivity contribution in [2.75, 3.05) is 42.8 Å². The summed E-state index contributed by atoms with van der Waals surface area (Å²) < 4.78 is 0. The van der Waals surface area contributed by atoms with Crippen molar-refractivity contribution < 1.29 is 0 Å². The topological polar surface area (TPSA) is 93.1 Å². The third-order valence-electron chi connectivity index (χ3n) is 1.60. The Hall–Kier alpha value is -1.72. The van der Waals surface area contributed by atoms with Gasteiger partial charge in [-0.3, -0.25) is 0 Å². The van der Waals surface area contributed by atoms with Crippen LogP contribution in [0.5, 0.6) is 0 Å². The van der Waals surface area contributed by atoms with E-state index in [1.807, 2.05) is 14.1 Å². The van der Waals surface area contributed by atoms with E-state index in [0.29, 0.717) is 23.3 Å². The zero-order valence-corrected chi connectivity index (χ0v) is 8.00. The highest BCUT2D eigenvalue weighted by atomic mass is 15.2. The molecule has 0 unspecified atom stereocenters. The molecule has 1 aromatic heterocycles. The van der Waals surface area contributed by atoms with Crippen molar-refractivity contribution >= 4 is 23.3 Å². The maximum Gasteiger partial charge on any atom is 0.228 e. The Balaban J connectivity index is 3.22. The van der Waals surface area contributed by atoms with Crippen LogP contribution in [-0.2, 0) is 0 Å². The van der Waals surface area contributed by atoms with Gasteiger partial charge in [0.2, 0.25) is 5.95 Å². The molecule has 0 spiro atoms. The minimum Gasteiger partial charge on any atom is -0.393 e. The van der Waals surface area contributed by atoms with Crippen LogP contribution in [0.1, 0.15) is 0 Å². The largest absolute Gasteiger partial charge is 0.393 e. The van der Waals surface area contributed by atoms with Gasteiger partial charge in [-0.15, -0.1) is 0 Å². The third-order valence-corrected chi connectivity index (χ3v) is 1.60. The highest BCUT2D eigenvalue weighted by Crippen LogP contribution is 2.22. The molecule has 1 rings (SSSR count). The Kier molecular flexibility index (Phi) is 2.41. The predicted octanol–water partition coefficient (Wildman–Crippen LogP) is -0.251. The Morgan fingerprint density at radius 2 is 1.85 bits per heavy atom. The Morgan fingerprint density at radius 1 is 1.23 bits per heavy atom. The van der Waals surface area contributed by atoms with E-state index in [-0.39, 0.29) is 0 Å². The number of nitrogens with two attached hydrogens (primary N) is 2. The van der Waals surface area contributed by atoms with Crippen LogP contribution < -0.4 is 21.7 Å². The second-order valence-corrected chi connectivity index (χ2v) is 2.82. The number of anilines is 4. The van der Waals surface area contributed by atoms with Crippen molar-refractivity contribution in [3.05, 3.63) is 0 Å². The van der Waals surface area contributed by atoms with Crippen LogP contribution in [0.25, 0.3) is 0 Å². The summed E-state index contributed by atoms with van der Waals surface area (Å²) in [6.45, 7) is 0. The molecule has 0 aliphatic carbocycles. The van der Waals surface area contributed by atoms with E-state index in [1.165, 1.54) is 0 Å². The minimum atomic E-state index is 0.294. The molecule has 0 aromatic carbocycles. The zero-order chi connectivity index (χ0) is 10.0. The average Bonchev–Trinajstić information content (AvgIpc) is 2.09. The monoisotopic (exact) mass is 182 g/mol. The number of hydrogen-bond acceptors (Lipinski definition) is 6. The van der Waals surface area contributed by atoms with Crippen LogP contribution in [0.4, 0.5) is 23.3 Å². The van der Waals surface area contributed by atoms with Crippen molar-refractivity contribution in [3.63, 3.8) is 0 Å². The van der Waals surface area contributed by atoms with Crippen LogP contribution in [0.2, 0.25) is 0 Å². The molecular weight excluding hydrogens is 168 g/mol. The second-order valence-electron chi connectivity index (χ2n) is 2.82. The fraction of sp³-hybridized carbons (Fsp3) is 0.429. The lowest BCUT2D eigenvalue weighted by atomic mass is 10.4. The van der Waals surface area contributed by atoms with Gasteiger partial charge in [-0.25, -0.2) is 0 Å². The molecule has 0 amide bonds. The van der Waals surface area contributed by atoms with Gasteiger partial charge >= 0.3 is 0 Å². The van der Waals surface area contributed by atoms with Gasteiger partial charge in [0, 0.05) is 21.1 Å². The molecule has 6 nitrogen and oxygen atoms in total. The molecule has 13 heavy (non-hydrogen) atoms. The molecule has 0 fully saturated rings. The minimum absolute atomic E-state index is 0.294. The summed E-state index contributed by atoms with van der Waals surface area (Å²) in [7, 11) is 5.41. The molecular formula is C7H14N6. The van der Waals surface area contributed by atoms with Gasteiger partial charge in [-0.1, -0.05) is 0 Å². The molecule has 0 radical (unpaired) electrons. The van der Waals surface area contributed by atoms with Gasteiger partial charge in [0.15, 0.2) is 11.6 Å². The van der Waals surface area contributed by atoms with Gasteiger partial charge < -0.3 is 21.7 Å². The summed E-state index contributed by atoms with van der Waals surface area (Å²) in [5.74, 6) is 1.38. The smallest absolute Gasteiger partial charge is 0.228 e. The first kappa shape index (κ1) is 9.37. The van der Waals surface area contributed by atoms with Gasteiger partial charge in [-0.05, 0) is 0 Å². The quantitative estimate of drug-likeness (QED) is 0.584. The summed E-state index contributed by atoms with van der Waals surface area (Å²) in [4.78, 5) is 9.92. The van der Waals surface area contributed by atoms with E-state index >= 15 is 0 Å². The first-order valence-corrected chi connectivity index (χ1v) is 3.84. The van der Waals surface area contributed by atoms with Gasteiger partial charge in [0.25, 0.3) is 0 Å². The van der Waals surface area contributed by atoms with Gasteiger partial charge in [-0.2, -0.15) is 9.97 Å². The molecule has 0 aliphatic heterocycles. The standard InChI is InChI=1S/C7H14N6/c1-10-6-4(8)5(9)11-7(12-6)13(2)3/h8H2,1-3H3,(H3,9,10,11,12). The average molecular weight is 182 g/mol. The number of aromatic nitrogens is 2. The Morgan fingerprint density at radius 3 is 2.31 bits per heavy atom. The lowest BCUT2D eigenvalue weighted by Crippen LogP contribution is -2.16. The molecule has 0 bridgehead atoms. The summed E-state index contributed by atoms with van der Waals surface area (Å²) in [5, 5.41) is 2.85. The summed E-state index contributed by atoms with van der Waals surface area (Å²) in [5.41, 5.74) is 11.6. The third kappa shape index (κ3) is 1.71. The molecule has 0 saturated carbocycles. The Labute approximate surface area is 77.0 Å². The van der Waals surface area contributed by atoms with E-state index in [0.717, 1.165) is 0 Å². The maximum absolute atomic E-state index is 5.63. The van der Waals surface area contributed by atoms with E-state index in [9.17, 15) is 0 Å². The first-order chi connectivity index (χ1) is 6.06. The number of hydrogen-bond donors (Lipinski definition) is 3. The van der Waals surface area contributed by atoms with Crippen molar-refractivity contribution in [3.8, 4) is 0 Å². The van der Waals surface area contributed by atoms with Crippen LogP contribution >= 0.6 is 0 Å². The highest BCUT2D eigenvalue weighted by molar-refractivity contribution is 5.74. The fourth-order valence-corrected chi connectivity index (χ4v) is 0.865. The molecule has 6 heteroatoms. The van der Waals surface area contributed by atoms with Crippen molar-refractivity contribution in [1.29, 1.82) is 0 Å². The molecule has 1 aromatic rings. The van der Waals surface area contributed by atoms with Crippen LogP contribution in [0.15, 0.2) is 0 Å². The molecule has 0 saturated heterocycles. The van der Waals surface area contributed by atoms with Crippen LogP contribution in [-0.4, -0.2) is 31.1 Å². The summed E-state index contributed by atoms with van der Waals surface area (Å²) >= 11 is 0. The van der Waals surface area contributed by atoms with Gasteiger partial charge in [0.1, 0.15) is 5.69 Å². The predicted molar refractivity (Wildman–Crippen MR) is 54.7 cm³/mol. The fourth-order valence-electron chi connectivity index (χ4n) is 0.865. The molecule has 1 heterocycles. The zero-order valence-electron chi connectivity index (χ0n) is 8.00. The number of nitrogens with one attached hydrogen (secondary N) is 1. The van der Waals surface area contributed by atoms with E-state index in [4.69, 9.17) is 11.5 Å². The Bertz CT molecular complexity index is 308. The SMILES string of the molecule is CNc1nc(N(C)C)nc(N)c1N. The summed E-state index contributed by atoms with van der Waals surface area (Å²) in [6, 6.07) is 0. The van der Waals surface area contributed by atoms with Crippen LogP contribution in [0, 0.1) is 0 Å². The lowest BCUT2D eigenvalue weighted by Gasteiger charge is -2.13. The number of nitrogens with zero attached hydrogens (tertiary/aromatic N) is 3. The lowest BCUT2D eigenvalue weighted by molar-refractivity contribution is 1.01. The normalized spacial score (nSPS) is 9.77. The van der Waals surface area contributed by atoms with Crippen LogP contribution in [0.3, 0.4) is 0 Å². The summed E-state index contributed by atoms with van der Waals surface area (Å²) in [6.07, 6.45) is 0. The van der Waals surface area contributed by atoms with Gasteiger partial charge in [0.05, 0.1) is 0 Å². The number of nitrogen functional groups attached to an aromatic ring is 2. The molecule has 5 N–H and O–H groups in total.